The zero-order valence-corrected chi connectivity index (χ0v) is 10.8. The van der Waals surface area contributed by atoms with E-state index in [4.69, 9.17) is 10.3 Å². The summed E-state index contributed by atoms with van der Waals surface area (Å²) in [4.78, 5) is 0. The van der Waals surface area contributed by atoms with Crippen molar-refractivity contribution in [1.29, 1.82) is 0 Å². The largest absolute Gasteiger partial charge is 0.381 e. The fourth-order valence-electron chi connectivity index (χ4n) is 1.71. The maximum Gasteiger partial charge on any atom is 0.172 e. The number of nitrogens with two attached hydrogens (primary N) is 1. The molecule has 0 spiro atoms. The quantitative estimate of drug-likeness (QED) is 0.910. The minimum atomic E-state index is 0.292. The van der Waals surface area contributed by atoms with Crippen LogP contribution in [0, 0.1) is 0 Å². The summed E-state index contributed by atoms with van der Waals surface area (Å²) in [7, 11) is 0. The van der Waals surface area contributed by atoms with Crippen molar-refractivity contribution in [2.24, 2.45) is 0 Å². The lowest BCUT2D eigenvalue weighted by molar-refractivity contribution is 0.434. The van der Waals surface area contributed by atoms with Gasteiger partial charge in [-0.2, -0.15) is 0 Å². The fraction of sp³-hybridized carbons (Fsp3) is 0.250. The predicted molar refractivity (Wildman–Crippen MR) is 68.1 cm³/mol. The van der Waals surface area contributed by atoms with Crippen LogP contribution in [0.4, 0.5) is 5.82 Å². The van der Waals surface area contributed by atoms with Gasteiger partial charge in [0.05, 0.1) is 0 Å². The van der Waals surface area contributed by atoms with Crippen molar-refractivity contribution >= 4 is 21.7 Å². The molecule has 16 heavy (non-hydrogen) atoms. The first-order valence-corrected chi connectivity index (χ1v) is 5.90. The maximum absolute atomic E-state index is 5.80. The van der Waals surface area contributed by atoms with Crippen molar-refractivity contribution in [2.75, 3.05) is 5.73 Å². The Labute approximate surface area is 103 Å². The zero-order chi connectivity index (χ0) is 11.7. The molecule has 0 atom stereocenters. The monoisotopic (exact) mass is 280 g/mol. The molecule has 0 fully saturated rings. The average Bonchev–Trinajstić information content (AvgIpc) is 2.60. The summed E-state index contributed by atoms with van der Waals surface area (Å²) in [6, 6.07) is 7.91. The molecule has 3 nitrogen and oxygen atoms in total. The predicted octanol–water partition coefficient (Wildman–Crippen LogP) is 3.81. The SMILES string of the molecule is CC(C)c1c(N)noc1-c1cccc(Br)c1. The summed E-state index contributed by atoms with van der Waals surface area (Å²) in [6.07, 6.45) is 0. The fourth-order valence-corrected chi connectivity index (χ4v) is 2.10. The molecule has 0 amide bonds. The van der Waals surface area contributed by atoms with Gasteiger partial charge in [-0.25, -0.2) is 0 Å². The van der Waals surface area contributed by atoms with E-state index in [9.17, 15) is 0 Å². The molecule has 0 saturated heterocycles. The molecule has 4 heteroatoms. The topological polar surface area (TPSA) is 52.0 Å². The number of hydrogen-bond acceptors (Lipinski definition) is 3. The summed E-state index contributed by atoms with van der Waals surface area (Å²) >= 11 is 3.43. The van der Waals surface area contributed by atoms with Crippen LogP contribution in [-0.4, -0.2) is 5.16 Å². The summed E-state index contributed by atoms with van der Waals surface area (Å²) < 4.78 is 6.31. The van der Waals surface area contributed by atoms with Gasteiger partial charge in [-0.15, -0.1) is 0 Å². The second kappa shape index (κ2) is 4.29. The lowest BCUT2D eigenvalue weighted by Gasteiger charge is -2.05. The Morgan fingerprint density at radius 3 is 2.75 bits per heavy atom. The van der Waals surface area contributed by atoms with E-state index < -0.39 is 0 Å². The molecule has 1 aromatic carbocycles. The zero-order valence-electron chi connectivity index (χ0n) is 9.20. The Balaban J connectivity index is 2.56. The molecule has 0 radical (unpaired) electrons. The van der Waals surface area contributed by atoms with Gasteiger partial charge in [-0.3, -0.25) is 0 Å². The Hall–Kier alpha value is -1.29. The normalized spacial score (nSPS) is 11.0. The molecular weight excluding hydrogens is 268 g/mol. The first-order valence-electron chi connectivity index (χ1n) is 5.10. The molecule has 2 N–H and O–H groups in total. The van der Waals surface area contributed by atoms with E-state index in [-0.39, 0.29) is 0 Å². The number of anilines is 1. The van der Waals surface area contributed by atoms with Gasteiger partial charge >= 0.3 is 0 Å². The summed E-state index contributed by atoms with van der Waals surface area (Å²) in [6.45, 7) is 4.15. The Morgan fingerprint density at radius 2 is 2.12 bits per heavy atom. The van der Waals surface area contributed by atoms with Crippen molar-refractivity contribution < 1.29 is 4.52 Å². The molecule has 0 bridgehead atoms. The first kappa shape index (κ1) is 11.2. The third kappa shape index (κ3) is 1.97. The smallest absolute Gasteiger partial charge is 0.172 e. The number of nitrogens with zero attached hydrogens (tertiary/aromatic N) is 1. The highest BCUT2D eigenvalue weighted by atomic mass is 79.9. The number of benzene rings is 1. The Kier molecular flexibility index (Phi) is 3.01. The molecule has 0 saturated carbocycles. The number of hydrogen-bond donors (Lipinski definition) is 1. The second-order valence-electron chi connectivity index (χ2n) is 3.98. The van der Waals surface area contributed by atoms with Crippen LogP contribution in [-0.2, 0) is 0 Å². The Morgan fingerprint density at radius 1 is 1.38 bits per heavy atom. The van der Waals surface area contributed by atoms with Gasteiger partial charge in [-0.1, -0.05) is 47.1 Å². The van der Waals surface area contributed by atoms with Crippen molar-refractivity contribution in [3.8, 4) is 11.3 Å². The molecule has 0 aliphatic rings. The van der Waals surface area contributed by atoms with Crippen LogP contribution in [0.5, 0.6) is 0 Å². The standard InChI is InChI=1S/C12H13BrN2O/c1-7(2)10-11(16-15-12(10)14)8-4-3-5-9(13)6-8/h3-7H,1-2H3,(H2,14,15). The van der Waals surface area contributed by atoms with E-state index in [0.29, 0.717) is 11.7 Å². The van der Waals surface area contributed by atoms with Gasteiger partial charge in [0.25, 0.3) is 0 Å². The minimum absolute atomic E-state index is 0.292. The summed E-state index contributed by atoms with van der Waals surface area (Å²) in [5.41, 5.74) is 7.76. The van der Waals surface area contributed by atoms with Crippen molar-refractivity contribution in [1.82, 2.24) is 5.16 Å². The van der Waals surface area contributed by atoms with Gasteiger partial charge in [0.15, 0.2) is 11.6 Å². The molecule has 1 heterocycles. The van der Waals surface area contributed by atoms with E-state index in [0.717, 1.165) is 21.4 Å². The molecule has 2 aromatic rings. The highest BCUT2D eigenvalue weighted by Crippen LogP contribution is 2.34. The third-order valence-electron chi connectivity index (χ3n) is 2.42. The first-order chi connectivity index (χ1) is 7.59. The Bertz CT molecular complexity index is 505. The number of nitrogen functional groups attached to an aromatic ring is 1. The third-order valence-corrected chi connectivity index (χ3v) is 2.91. The van der Waals surface area contributed by atoms with Crippen LogP contribution < -0.4 is 5.73 Å². The molecular formula is C12H13BrN2O. The number of halogens is 1. The van der Waals surface area contributed by atoms with E-state index in [1.165, 1.54) is 0 Å². The van der Waals surface area contributed by atoms with Crippen molar-refractivity contribution in [2.45, 2.75) is 19.8 Å². The van der Waals surface area contributed by atoms with Crippen LogP contribution in [0.1, 0.15) is 25.3 Å². The van der Waals surface area contributed by atoms with Crippen LogP contribution in [0.2, 0.25) is 0 Å². The average molecular weight is 281 g/mol. The van der Waals surface area contributed by atoms with Crippen LogP contribution in [0.25, 0.3) is 11.3 Å². The summed E-state index contributed by atoms with van der Waals surface area (Å²) in [5, 5.41) is 3.83. The van der Waals surface area contributed by atoms with Gasteiger partial charge in [0.2, 0.25) is 0 Å². The van der Waals surface area contributed by atoms with E-state index >= 15 is 0 Å². The van der Waals surface area contributed by atoms with Crippen LogP contribution >= 0.6 is 15.9 Å². The van der Waals surface area contributed by atoms with E-state index in [2.05, 4.69) is 34.9 Å². The van der Waals surface area contributed by atoms with E-state index in [1.807, 2.05) is 24.3 Å². The van der Waals surface area contributed by atoms with Gasteiger partial charge in [0.1, 0.15) is 0 Å². The second-order valence-corrected chi connectivity index (χ2v) is 4.89. The number of rotatable bonds is 2. The highest BCUT2D eigenvalue weighted by molar-refractivity contribution is 9.10. The molecule has 1 aromatic heterocycles. The van der Waals surface area contributed by atoms with Crippen molar-refractivity contribution in [3.05, 3.63) is 34.3 Å². The summed E-state index contributed by atoms with van der Waals surface area (Å²) in [5.74, 6) is 1.53. The molecule has 84 valence electrons. The maximum atomic E-state index is 5.80. The van der Waals surface area contributed by atoms with Gasteiger partial charge < -0.3 is 10.3 Å². The highest BCUT2D eigenvalue weighted by Gasteiger charge is 2.18. The minimum Gasteiger partial charge on any atom is -0.381 e. The van der Waals surface area contributed by atoms with Crippen LogP contribution in [0.3, 0.4) is 0 Å². The lowest BCUT2D eigenvalue weighted by Crippen LogP contribution is -1.95. The number of aromatic nitrogens is 1. The van der Waals surface area contributed by atoms with Crippen molar-refractivity contribution in [3.63, 3.8) is 0 Å². The van der Waals surface area contributed by atoms with Crippen LogP contribution in [0.15, 0.2) is 33.3 Å². The van der Waals surface area contributed by atoms with Gasteiger partial charge in [-0.05, 0) is 18.1 Å². The molecule has 0 aliphatic carbocycles. The molecule has 0 aliphatic heterocycles. The molecule has 0 unspecified atom stereocenters. The lowest BCUT2D eigenvalue weighted by atomic mass is 9.99. The van der Waals surface area contributed by atoms with Gasteiger partial charge in [0, 0.05) is 15.6 Å². The van der Waals surface area contributed by atoms with E-state index in [1.54, 1.807) is 0 Å². The molecule has 2 rings (SSSR count).